The zero-order chi connectivity index (χ0) is 25.0. The Bertz CT molecular complexity index is 1310. The summed E-state index contributed by atoms with van der Waals surface area (Å²) in [6.07, 6.45) is 0.0970. The van der Waals surface area contributed by atoms with Gasteiger partial charge in [-0.1, -0.05) is 36.4 Å². The van der Waals surface area contributed by atoms with Gasteiger partial charge < -0.3 is 15.0 Å². The van der Waals surface area contributed by atoms with Crippen LogP contribution in [0, 0.1) is 5.92 Å². The molecule has 1 atom stereocenters. The first-order valence-corrected chi connectivity index (χ1v) is 12.6. The Hall–Kier alpha value is -3.69. The summed E-state index contributed by atoms with van der Waals surface area (Å²) >= 11 is 0. The van der Waals surface area contributed by atoms with E-state index in [1.807, 2.05) is 30.3 Å². The van der Waals surface area contributed by atoms with E-state index >= 15 is 0 Å². The Labute approximate surface area is 205 Å². The predicted molar refractivity (Wildman–Crippen MR) is 134 cm³/mol. The van der Waals surface area contributed by atoms with Crippen molar-refractivity contribution in [1.29, 1.82) is 0 Å². The number of methoxy groups -OCH3 is 1. The van der Waals surface area contributed by atoms with Crippen LogP contribution in [0.2, 0.25) is 0 Å². The molecular weight excluding hydrogens is 466 g/mol. The molecule has 0 aliphatic carbocycles. The second kappa shape index (κ2) is 10.3. The quantitative estimate of drug-likeness (QED) is 0.518. The van der Waals surface area contributed by atoms with Crippen molar-refractivity contribution in [2.24, 2.45) is 5.92 Å². The molecule has 1 N–H and O–H groups in total. The molecule has 0 radical (unpaired) electrons. The van der Waals surface area contributed by atoms with Gasteiger partial charge in [0.05, 0.1) is 17.9 Å². The van der Waals surface area contributed by atoms with Crippen LogP contribution in [-0.4, -0.2) is 45.2 Å². The van der Waals surface area contributed by atoms with Crippen molar-refractivity contribution in [2.75, 3.05) is 30.9 Å². The normalized spacial score (nSPS) is 15.9. The average Bonchev–Trinajstić information content (AvgIpc) is 3.26. The van der Waals surface area contributed by atoms with Crippen molar-refractivity contribution < 1.29 is 22.7 Å². The number of carbonyl (C=O) groups is 2. The fraction of sp³-hybridized carbons (Fsp3) is 0.231. The van der Waals surface area contributed by atoms with Crippen LogP contribution < -0.4 is 15.0 Å². The standard InChI is InChI=1S/C26H27N3O5S/c1-28(17-19-7-4-3-5-8-19)35(32,33)24-13-11-21(12-14-24)27-26(31)20-15-25(30)29(18-20)22-9-6-10-23(16-22)34-2/h3-14,16,20H,15,17-18H2,1-2H3,(H,27,31)/t20-/m0/s1. The number of rotatable bonds is 8. The molecule has 1 saturated heterocycles. The van der Waals surface area contributed by atoms with Gasteiger partial charge in [0.15, 0.2) is 0 Å². The molecule has 0 aromatic heterocycles. The lowest BCUT2D eigenvalue weighted by molar-refractivity contribution is -0.122. The maximum absolute atomic E-state index is 12.9. The van der Waals surface area contributed by atoms with Gasteiger partial charge in [-0.3, -0.25) is 9.59 Å². The molecule has 3 aromatic rings. The van der Waals surface area contributed by atoms with Gasteiger partial charge in [0.1, 0.15) is 5.75 Å². The number of hydrogen-bond donors (Lipinski definition) is 1. The monoisotopic (exact) mass is 493 g/mol. The summed E-state index contributed by atoms with van der Waals surface area (Å²) in [7, 11) is -0.604. The lowest BCUT2D eigenvalue weighted by Crippen LogP contribution is -2.28. The molecule has 0 saturated carbocycles. The highest BCUT2D eigenvalue weighted by Crippen LogP contribution is 2.29. The molecule has 1 aliphatic heterocycles. The van der Waals surface area contributed by atoms with Crippen LogP contribution in [0.25, 0.3) is 0 Å². The van der Waals surface area contributed by atoms with Crippen molar-refractivity contribution in [3.63, 3.8) is 0 Å². The van der Waals surface area contributed by atoms with E-state index in [1.54, 1.807) is 48.4 Å². The van der Waals surface area contributed by atoms with Crippen LogP contribution in [0.1, 0.15) is 12.0 Å². The third-order valence-corrected chi connectivity index (χ3v) is 7.76. The van der Waals surface area contributed by atoms with Gasteiger partial charge >= 0.3 is 0 Å². The number of sulfonamides is 1. The largest absolute Gasteiger partial charge is 0.497 e. The van der Waals surface area contributed by atoms with Crippen LogP contribution >= 0.6 is 0 Å². The Morgan fingerprint density at radius 1 is 1.06 bits per heavy atom. The topological polar surface area (TPSA) is 96.0 Å². The van der Waals surface area contributed by atoms with E-state index in [-0.39, 0.29) is 36.2 Å². The summed E-state index contributed by atoms with van der Waals surface area (Å²) in [5.74, 6) is -0.316. The molecule has 4 rings (SSSR count). The van der Waals surface area contributed by atoms with Gasteiger partial charge in [-0.05, 0) is 42.0 Å². The number of ether oxygens (including phenoxy) is 1. The highest BCUT2D eigenvalue weighted by atomic mass is 32.2. The van der Waals surface area contributed by atoms with Gasteiger partial charge in [0.25, 0.3) is 0 Å². The number of nitrogens with one attached hydrogen (secondary N) is 1. The van der Waals surface area contributed by atoms with E-state index in [1.165, 1.54) is 23.5 Å². The van der Waals surface area contributed by atoms with Gasteiger partial charge in [0, 0.05) is 44.0 Å². The van der Waals surface area contributed by atoms with Crippen molar-refractivity contribution in [3.8, 4) is 5.75 Å². The lowest BCUT2D eigenvalue weighted by Gasteiger charge is -2.18. The summed E-state index contributed by atoms with van der Waals surface area (Å²) in [6, 6.07) is 22.5. The third kappa shape index (κ3) is 5.52. The first-order valence-electron chi connectivity index (χ1n) is 11.1. The first-order chi connectivity index (χ1) is 16.8. The summed E-state index contributed by atoms with van der Waals surface area (Å²) < 4.78 is 32.3. The fourth-order valence-electron chi connectivity index (χ4n) is 3.97. The van der Waals surface area contributed by atoms with E-state index in [0.717, 1.165) is 5.56 Å². The molecule has 182 valence electrons. The van der Waals surface area contributed by atoms with Gasteiger partial charge in [0.2, 0.25) is 21.8 Å². The van der Waals surface area contributed by atoms with Crippen LogP contribution in [0.3, 0.4) is 0 Å². The molecule has 8 nitrogen and oxygen atoms in total. The van der Waals surface area contributed by atoms with Crippen LogP contribution in [-0.2, 0) is 26.2 Å². The zero-order valence-corrected chi connectivity index (χ0v) is 20.4. The second-order valence-corrected chi connectivity index (χ2v) is 10.4. The smallest absolute Gasteiger partial charge is 0.243 e. The molecule has 3 aromatic carbocycles. The summed E-state index contributed by atoms with van der Waals surface area (Å²) in [5, 5.41) is 2.80. The molecule has 0 spiro atoms. The van der Waals surface area contributed by atoms with E-state index in [4.69, 9.17) is 4.74 Å². The van der Waals surface area contributed by atoms with Crippen molar-refractivity contribution >= 4 is 33.2 Å². The Morgan fingerprint density at radius 3 is 2.46 bits per heavy atom. The molecule has 1 fully saturated rings. The molecule has 1 heterocycles. The Balaban J connectivity index is 1.39. The number of nitrogens with zero attached hydrogens (tertiary/aromatic N) is 2. The van der Waals surface area contributed by atoms with Crippen molar-refractivity contribution in [2.45, 2.75) is 17.9 Å². The number of hydrogen-bond acceptors (Lipinski definition) is 5. The van der Waals surface area contributed by atoms with Crippen LogP contribution in [0.4, 0.5) is 11.4 Å². The SMILES string of the molecule is COc1cccc(N2C[C@@H](C(=O)Nc3ccc(S(=O)(=O)N(C)Cc4ccccc4)cc3)CC2=O)c1. The predicted octanol–water partition coefficient (Wildman–Crippen LogP) is 3.51. The van der Waals surface area contributed by atoms with Gasteiger partial charge in [-0.15, -0.1) is 0 Å². The Kier molecular flexibility index (Phi) is 7.18. The summed E-state index contributed by atoms with van der Waals surface area (Å²) in [6.45, 7) is 0.510. The number of anilines is 2. The van der Waals surface area contributed by atoms with E-state index < -0.39 is 15.9 Å². The van der Waals surface area contributed by atoms with Crippen LogP contribution in [0.15, 0.2) is 83.8 Å². The van der Waals surface area contributed by atoms with Crippen molar-refractivity contribution in [1.82, 2.24) is 4.31 Å². The van der Waals surface area contributed by atoms with E-state index in [0.29, 0.717) is 17.1 Å². The van der Waals surface area contributed by atoms with Crippen LogP contribution in [0.5, 0.6) is 5.75 Å². The zero-order valence-electron chi connectivity index (χ0n) is 19.5. The number of carbonyl (C=O) groups excluding carboxylic acids is 2. The molecule has 35 heavy (non-hydrogen) atoms. The lowest BCUT2D eigenvalue weighted by atomic mass is 10.1. The first kappa shape index (κ1) is 24.4. The van der Waals surface area contributed by atoms with E-state index in [2.05, 4.69) is 5.32 Å². The fourth-order valence-corrected chi connectivity index (χ4v) is 5.13. The molecule has 9 heteroatoms. The maximum atomic E-state index is 12.9. The second-order valence-electron chi connectivity index (χ2n) is 8.37. The minimum atomic E-state index is -3.69. The Morgan fingerprint density at radius 2 is 1.77 bits per heavy atom. The molecule has 0 unspecified atom stereocenters. The average molecular weight is 494 g/mol. The number of amides is 2. The minimum absolute atomic E-state index is 0.0970. The molecule has 1 aliphatic rings. The molecule has 2 amide bonds. The maximum Gasteiger partial charge on any atom is 0.243 e. The summed E-state index contributed by atoms with van der Waals surface area (Å²) in [5.41, 5.74) is 2.03. The van der Waals surface area contributed by atoms with Crippen molar-refractivity contribution in [3.05, 3.63) is 84.4 Å². The molecule has 0 bridgehead atoms. The van der Waals surface area contributed by atoms with E-state index in [9.17, 15) is 18.0 Å². The van der Waals surface area contributed by atoms with Gasteiger partial charge in [-0.2, -0.15) is 4.31 Å². The molecular formula is C26H27N3O5S. The highest BCUT2D eigenvalue weighted by molar-refractivity contribution is 7.89. The third-order valence-electron chi connectivity index (χ3n) is 5.94. The van der Waals surface area contributed by atoms with Gasteiger partial charge in [-0.25, -0.2) is 8.42 Å². The number of benzene rings is 3. The summed E-state index contributed by atoms with van der Waals surface area (Å²) in [4.78, 5) is 27.0. The minimum Gasteiger partial charge on any atom is -0.497 e. The highest BCUT2D eigenvalue weighted by Gasteiger charge is 2.35.